The molecule has 0 unspecified atom stereocenters. The van der Waals surface area contributed by atoms with Gasteiger partial charge >= 0.3 is 0 Å². The third-order valence-electron chi connectivity index (χ3n) is 6.88. The van der Waals surface area contributed by atoms with Crippen LogP contribution < -0.4 is 19.5 Å². The number of aromatic nitrogens is 1. The van der Waals surface area contributed by atoms with E-state index in [1.165, 1.54) is 10.5 Å². The molecule has 2 amide bonds. The van der Waals surface area contributed by atoms with Gasteiger partial charge < -0.3 is 29.4 Å². The van der Waals surface area contributed by atoms with E-state index in [9.17, 15) is 9.59 Å². The molecule has 2 heterocycles. The van der Waals surface area contributed by atoms with Gasteiger partial charge in [-0.15, -0.1) is 0 Å². The number of methoxy groups -OCH3 is 2. The third kappa shape index (κ3) is 4.51. The van der Waals surface area contributed by atoms with E-state index in [1.807, 2.05) is 37.3 Å². The summed E-state index contributed by atoms with van der Waals surface area (Å²) in [6.07, 6.45) is 6.46. The maximum absolute atomic E-state index is 13.1. The molecule has 1 atom stereocenters. The first-order chi connectivity index (χ1) is 17.5. The highest BCUT2D eigenvalue weighted by atomic mass is 16.5. The number of fused-ring (bicyclic) bond motifs is 4. The van der Waals surface area contributed by atoms with Gasteiger partial charge in [0.2, 0.25) is 11.8 Å². The normalized spacial score (nSPS) is 16.8. The van der Waals surface area contributed by atoms with Gasteiger partial charge in [-0.3, -0.25) is 9.59 Å². The maximum Gasteiger partial charge on any atom is 0.240 e. The van der Waals surface area contributed by atoms with Crippen LogP contribution in [-0.4, -0.2) is 49.1 Å². The molecule has 2 aromatic carbocycles. The van der Waals surface area contributed by atoms with Crippen LogP contribution in [0.25, 0.3) is 17.0 Å². The largest absolute Gasteiger partial charge is 0.494 e. The number of ether oxygens (including phenoxy) is 3. The zero-order valence-electron chi connectivity index (χ0n) is 20.8. The van der Waals surface area contributed by atoms with E-state index in [0.29, 0.717) is 18.1 Å². The molecule has 1 aromatic heterocycles. The van der Waals surface area contributed by atoms with Crippen molar-refractivity contribution in [1.82, 2.24) is 15.2 Å². The lowest BCUT2D eigenvalue weighted by molar-refractivity contribution is -0.133. The van der Waals surface area contributed by atoms with Crippen LogP contribution in [0.3, 0.4) is 0 Å². The van der Waals surface area contributed by atoms with Crippen molar-refractivity contribution >= 4 is 28.8 Å². The van der Waals surface area contributed by atoms with Gasteiger partial charge in [-0.25, -0.2) is 0 Å². The monoisotopic (exact) mass is 489 g/mol. The van der Waals surface area contributed by atoms with Crippen molar-refractivity contribution in [2.24, 2.45) is 0 Å². The highest BCUT2D eigenvalue weighted by Crippen LogP contribution is 2.36. The lowest BCUT2D eigenvalue weighted by Crippen LogP contribution is -2.40. The molecular formula is C28H31N3O5. The molecule has 36 heavy (non-hydrogen) atoms. The summed E-state index contributed by atoms with van der Waals surface area (Å²) < 4.78 is 16.4. The second kappa shape index (κ2) is 9.97. The first kappa shape index (κ1) is 23.8. The Morgan fingerprint density at radius 3 is 2.75 bits per heavy atom. The van der Waals surface area contributed by atoms with Gasteiger partial charge in [0.05, 0.1) is 33.3 Å². The van der Waals surface area contributed by atoms with Crippen molar-refractivity contribution in [1.29, 1.82) is 0 Å². The summed E-state index contributed by atoms with van der Waals surface area (Å²) in [6.45, 7) is 2.55. The second-order valence-corrected chi connectivity index (χ2v) is 9.09. The van der Waals surface area contributed by atoms with E-state index < -0.39 is 0 Å². The molecule has 0 saturated heterocycles. The van der Waals surface area contributed by atoms with Gasteiger partial charge in [0.25, 0.3) is 0 Å². The zero-order chi connectivity index (χ0) is 25.2. The number of nitrogens with one attached hydrogen (secondary N) is 2. The topological polar surface area (TPSA) is 92.9 Å². The molecule has 1 aliphatic heterocycles. The quantitative estimate of drug-likeness (QED) is 0.521. The van der Waals surface area contributed by atoms with E-state index in [2.05, 4.69) is 16.4 Å². The van der Waals surface area contributed by atoms with Crippen LogP contribution in [0.2, 0.25) is 0 Å². The van der Waals surface area contributed by atoms with Crippen LogP contribution >= 0.6 is 0 Å². The average Bonchev–Trinajstić information content (AvgIpc) is 3.18. The third-order valence-corrected chi connectivity index (χ3v) is 6.88. The Morgan fingerprint density at radius 1 is 1.17 bits per heavy atom. The minimum Gasteiger partial charge on any atom is -0.494 e. The van der Waals surface area contributed by atoms with E-state index in [1.54, 1.807) is 20.4 Å². The fourth-order valence-corrected chi connectivity index (χ4v) is 5.14. The molecule has 0 spiro atoms. The molecule has 0 saturated carbocycles. The Balaban J connectivity index is 1.31. The number of aromatic amines is 1. The van der Waals surface area contributed by atoms with Crippen molar-refractivity contribution in [3.8, 4) is 17.2 Å². The Labute approximate surface area is 210 Å². The number of hydrogen-bond acceptors (Lipinski definition) is 5. The van der Waals surface area contributed by atoms with Crippen molar-refractivity contribution in [2.45, 2.75) is 38.6 Å². The van der Waals surface area contributed by atoms with Crippen LogP contribution in [0.15, 0.2) is 36.5 Å². The second-order valence-electron chi connectivity index (χ2n) is 9.09. The smallest absolute Gasteiger partial charge is 0.240 e. The number of H-pyrrole nitrogens is 1. The van der Waals surface area contributed by atoms with E-state index in [4.69, 9.17) is 14.2 Å². The number of carbonyl (C=O) groups is 2. The molecule has 8 heteroatoms. The van der Waals surface area contributed by atoms with Crippen molar-refractivity contribution < 1.29 is 23.8 Å². The Hall–Kier alpha value is -3.94. The molecule has 188 valence electrons. The first-order valence-electron chi connectivity index (χ1n) is 12.3. The van der Waals surface area contributed by atoms with Gasteiger partial charge in [-0.05, 0) is 79.3 Å². The lowest BCUT2D eigenvalue weighted by atomic mass is 9.91. The first-order valence-corrected chi connectivity index (χ1v) is 12.3. The SMILES string of the molecule is CCOc1ccc2[nH]c3c(c2c1)CCC[C@H]3NC(=O)CN1C=Cc2cc(OC)c(OC)cc2CC1=O. The van der Waals surface area contributed by atoms with Crippen LogP contribution in [0, 0.1) is 0 Å². The highest BCUT2D eigenvalue weighted by Gasteiger charge is 2.27. The molecule has 8 nitrogen and oxygen atoms in total. The lowest BCUT2D eigenvalue weighted by Gasteiger charge is -2.25. The summed E-state index contributed by atoms with van der Waals surface area (Å²) in [5.74, 6) is 1.68. The highest BCUT2D eigenvalue weighted by molar-refractivity contribution is 5.90. The summed E-state index contributed by atoms with van der Waals surface area (Å²) in [4.78, 5) is 31.0. The molecule has 1 aliphatic carbocycles. The fourth-order valence-electron chi connectivity index (χ4n) is 5.14. The summed E-state index contributed by atoms with van der Waals surface area (Å²) in [6, 6.07) is 9.59. The molecule has 2 aliphatic rings. The van der Waals surface area contributed by atoms with Crippen LogP contribution in [-0.2, 0) is 22.4 Å². The zero-order valence-corrected chi connectivity index (χ0v) is 20.8. The number of hydrogen-bond donors (Lipinski definition) is 2. The fraction of sp³-hybridized carbons (Fsp3) is 0.357. The maximum atomic E-state index is 13.1. The predicted octanol–water partition coefficient (Wildman–Crippen LogP) is 4.13. The van der Waals surface area contributed by atoms with Crippen molar-refractivity contribution in [3.63, 3.8) is 0 Å². The van der Waals surface area contributed by atoms with Gasteiger partial charge in [-0.2, -0.15) is 0 Å². The summed E-state index contributed by atoms with van der Waals surface area (Å²) in [7, 11) is 3.14. The minimum absolute atomic E-state index is 0.0435. The van der Waals surface area contributed by atoms with Crippen LogP contribution in [0.4, 0.5) is 0 Å². The van der Waals surface area contributed by atoms with Crippen molar-refractivity contribution in [2.75, 3.05) is 27.4 Å². The number of benzene rings is 2. The minimum atomic E-state index is -0.194. The van der Waals surface area contributed by atoms with Gasteiger partial charge in [0.1, 0.15) is 12.3 Å². The number of carbonyl (C=O) groups excluding carboxylic acids is 2. The number of aryl methyl sites for hydroxylation is 1. The van der Waals surface area contributed by atoms with Gasteiger partial charge in [-0.1, -0.05) is 0 Å². The molecule has 5 rings (SSSR count). The van der Waals surface area contributed by atoms with E-state index in [0.717, 1.165) is 52.7 Å². The molecule has 2 N–H and O–H groups in total. The standard InChI is InChI=1S/C28H31N3O5/c1-4-36-19-8-9-22-21(15-19)20-6-5-7-23(28(20)30-22)29-26(32)16-31-11-10-17-12-24(34-2)25(35-3)13-18(17)14-27(31)33/h8-13,15,23,30H,4-7,14,16H2,1-3H3,(H,29,32)/t23-/m1/s1. The number of amides is 2. The molecular weight excluding hydrogens is 458 g/mol. The van der Waals surface area contributed by atoms with Crippen molar-refractivity contribution in [3.05, 3.63) is 58.9 Å². The summed E-state index contributed by atoms with van der Waals surface area (Å²) in [5.41, 5.74) is 5.01. The molecule has 0 radical (unpaired) electrons. The number of nitrogens with zero attached hydrogens (tertiary/aromatic N) is 1. The van der Waals surface area contributed by atoms with Gasteiger partial charge in [0.15, 0.2) is 11.5 Å². The van der Waals surface area contributed by atoms with Crippen LogP contribution in [0.1, 0.15) is 48.2 Å². The summed E-state index contributed by atoms with van der Waals surface area (Å²) in [5, 5.41) is 4.30. The molecule has 0 fully saturated rings. The average molecular weight is 490 g/mol. The Bertz CT molecular complexity index is 1340. The number of rotatable bonds is 7. The predicted molar refractivity (Wildman–Crippen MR) is 137 cm³/mol. The van der Waals surface area contributed by atoms with Crippen LogP contribution in [0.5, 0.6) is 17.2 Å². The molecule has 3 aromatic rings. The Morgan fingerprint density at radius 2 is 1.97 bits per heavy atom. The van der Waals surface area contributed by atoms with Gasteiger partial charge in [0, 0.05) is 22.8 Å². The van der Waals surface area contributed by atoms with E-state index in [-0.39, 0.29) is 30.8 Å². The Kier molecular flexibility index (Phi) is 6.59. The summed E-state index contributed by atoms with van der Waals surface area (Å²) >= 11 is 0. The van der Waals surface area contributed by atoms with E-state index >= 15 is 0 Å². The molecule has 0 bridgehead atoms.